The van der Waals surface area contributed by atoms with Gasteiger partial charge < -0.3 is 9.47 Å². The average Bonchev–Trinajstić information content (AvgIpc) is 2.44. The average molecular weight is 297 g/mol. The summed E-state index contributed by atoms with van der Waals surface area (Å²) in [6.07, 6.45) is 4.13. The molecule has 0 spiro atoms. The third-order valence-corrected chi connectivity index (χ3v) is 4.50. The Morgan fingerprint density at radius 2 is 2.00 bits per heavy atom. The fourth-order valence-electron chi connectivity index (χ4n) is 2.69. The van der Waals surface area contributed by atoms with Crippen molar-refractivity contribution in [2.24, 2.45) is 11.8 Å². The van der Waals surface area contributed by atoms with Gasteiger partial charge in [0.05, 0.1) is 18.2 Å². The molecule has 1 aliphatic carbocycles. The minimum absolute atomic E-state index is 0.162. The van der Waals surface area contributed by atoms with E-state index in [2.05, 4.69) is 13.8 Å². The van der Waals surface area contributed by atoms with Gasteiger partial charge in [-0.25, -0.2) is 0 Å². The van der Waals surface area contributed by atoms with Crippen molar-refractivity contribution in [2.75, 3.05) is 7.11 Å². The molecule has 3 unspecified atom stereocenters. The highest BCUT2D eigenvalue weighted by Gasteiger charge is 2.27. The first kappa shape index (κ1) is 15.2. The lowest BCUT2D eigenvalue weighted by Crippen LogP contribution is -2.29. The normalized spacial score (nSPS) is 26.1. The minimum atomic E-state index is 0.162. The van der Waals surface area contributed by atoms with Crippen molar-refractivity contribution in [3.63, 3.8) is 0 Å². The maximum atomic E-state index is 10.9. The number of carbonyl (C=O) groups excluding carboxylic acids is 1. The van der Waals surface area contributed by atoms with Crippen LogP contribution in [0.25, 0.3) is 0 Å². The summed E-state index contributed by atoms with van der Waals surface area (Å²) in [5, 5.41) is 0.428. The molecule has 0 radical (unpaired) electrons. The number of benzene rings is 1. The number of methoxy groups -OCH3 is 1. The first-order chi connectivity index (χ1) is 9.55. The van der Waals surface area contributed by atoms with Crippen molar-refractivity contribution in [1.29, 1.82) is 0 Å². The van der Waals surface area contributed by atoms with E-state index in [-0.39, 0.29) is 6.10 Å². The zero-order valence-corrected chi connectivity index (χ0v) is 12.9. The number of ether oxygens (including phenoxy) is 2. The van der Waals surface area contributed by atoms with Crippen LogP contribution in [0.1, 0.15) is 43.5 Å². The second-order valence-corrected chi connectivity index (χ2v) is 6.07. The summed E-state index contributed by atoms with van der Waals surface area (Å²) in [6.45, 7) is 4.54. The van der Waals surface area contributed by atoms with Gasteiger partial charge in [-0.1, -0.05) is 25.4 Å². The van der Waals surface area contributed by atoms with Crippen LogP contribution in [0, 0.1) is 11.8 Å². The second-order valence-electron chi connectivity index (χ2n) is 5.66. The first-order valence-corrected chi connectivity index (χ1v) is 7.42. The van der Waals surface area contributed by atoms with E-state index in [1.165, 1.54) is 0 Å². The molecule has 2 rings (SSSR count). The molecule has 1 saturated carbocycles. The molecule has 0 aromatic heterocycles. The van der Waals surface area contributed by atoms with Gasteiger partial charge in [0.1, 0.15) is 6.29 Å². The zero-order chi connectivity index (χ0) is 14.7. The molecule has 110 valence electrons. The van der Waals surface area contributed by atoms with Crippen molar-refractivity contribution in [3.05, 3.63) is 22.7 Å². The lowest BCUT2D eigenvalue weighted by atomic mass is 9.80. The van der Waals surface area contributed by atoms with Crippen molar-refractivity contribution in [1.82, 2.24) is 0 Å². The molecule has 0 N–H and O–H groups in total. The third kappa shape index (κ3) is 3.26. The molecule has 0 bridgehead atoms. The van der Waals surface area contributed by atoms with E-state index in [1.54, 1.807) is 19.2 Å². The summed E-state index contributed by atoms with van der Waals surface area (Å²) in [4.78, 5) is 10.9. The van der Waals surface area contributed by atoms with E-state index in [1.807, 2.05) is 0 Å². The zero-order valence-electron chi connectivity index (χ0n) is 12.2. The van der Waals surface area contributed by atoms with Gasteiger partial charge in [0.25, 0.3) is 0 Å². The Balaban J connectivity index is 2.18. The van der Waals surface area contributed by atoms with Gasteiger partial charge in [0, 0.05) is 5.56 Å². The smallest absolute Gasteiger partial charge is 0.180 e. The molecular formula is C16H21ClO3. The standard InChI is InChI=1S/C16H21ClO3/c1-10-4-5-13(6-11(10)2)20-16-14(17)7-12(9-18)8-15(16)19-3/h7-11,13H,4-6H2,1-3H3. The van der Waals surface area contributed by atoms with Crippen molar-refractivity contribution < 1.29 is 14.3 Å². The van der Waals surface area contributed by atoms with Crippen LogP contribution in [0.15, 0.2) is 12.1 Å². The van der Waals surface area contributed by atoms with Gasteiger partial charge in [-0.3, -0.25) is 4.79 Å². The summed E-state index contributed by atoms with van der Waals surface area (Å²) in [6, 6.07) is 3.27. The summed E-state index contributed by atoms with van der Waals surface area (Å²) >= 11 is 6.21. The molecule has 3 nitrogen and oxygen atoms in total. The lowest BCUT2D eigenvalue weighted by molar-refractivity contribution is 0.0977. The van der Waals surface area contributed by atoms with Gasteiger partial charge in [0.15, 0.2) is 11.5 Å². The molecule has 1 aromatic rings. The molecule has 1 aromatic carbocycles. The Bertz CT molecular complexity index is 487. The molecule has 4 heteroatoms. The van der Waals surface area contributed by atoms with Crippen LogP contribution in [0.3, 0.4) is 0 Å². The number of hydrogen-bond donors (Lipinski definition) is 0. The predicted molar refractivity (Wildman–Crippen MR) is 80.0 cm³/mol. The summed E-state index contributed by atoms with van der Waals surface area (Å²) in [7, 11) is 1.55. The monoisotopic (exact) mass is 296 g/mol. The maximum absolute atomic E-state index is 10.9. The predicted octanol–water partition coefficient (Wildman–Crippen LogP) is 4.36. The van der Waals surface area contributed by atoms with Gasteiger partial charge >= 0.3 is 0 Å². The van der Waals surface area contributed by atoms with Crippen LogP contribution in [0.5, 0.6) is 11.5 Å². The largest absolute Gasteiger partial charge is 0.493 e. The van der Waals surface area contributed by atoms with Gasteiger partial charge in [0.2, 0.25) is 0 Å². The maximum Gasteiger partial charge on any atom is 0.180 e. The van der Waals surface area contributed by atoms with E-state index < -0.39 is 0 Å². The Labute approximate surface area is 125 Å². The fraction of sp³-hybridized carbons (Fsp3) is 0.562. The molecule has 0 amide bonds. The molecule has 0 heterocycles. The van der Waals surface area contributed by atoms with E-state index in [0.717, 1.165) is 31.5 Å². The molecule has 0 aliphatic heterocycles. The minimum Gasteiger partial charge on any atom is -0.493 e. The van der Waals surface area contributed by atoms with Gasteiger partial charge in [-0.05, 0) is 43.2 Å². The van der Waals surface area contributed by atoms with E-state index in [9.17, 15) is 4.79 Å². The van der Waals surface area contributed by atoms with Crippen molar-refractivity contribution in [3.8, 4) is 11.5 Å². The van der Waals surface area contributed by atoms with Crippen LogP contribution in [0.4, 0.5) is 0 Å². The number of rotatable bonds is 4. The van der Waals surface area contributed by atoms with Crippen molar-refractivity contribution in [2.45, 2.75) is 39.2 Å². The number of halogens is 1. The highest BCUT2D eigenvalue weighted by atomic mass is 35.5. The molecule has 0 saturated heterocycles. The molecular weight excluding hydrogens is 276 g/mol. The fourth-order valence-corrected chi connectivity index (χ4v) is 2.96. The third-order valence-electron chi connectivity index (χ3n) is 4.22. The number of hydrogen-bond acceptors (Lipinski definition) is 3. The Morgan fingerprint density at radius 1 is 1.25 bits per heavy atom. The Kier molecular flexibility index (Phi) is 4.92. The quantitative estimate of drug-likeness (QED) is 0.774. The van der Waals surface area contributed by atoms with E-state index in [0.29, 0.717) is 28.0 Å². The SMILES string of the molecule is COc1cc(C=O)cc(Cl)c1OC1CCC(C)C(C)C1. The molecule has 1 aliphatic rings. The highest BCUT2D eigenvalue weighted by Crippen LogP contribution is 2.39. The molecule has 20 heavy (non-hydrogen) atoms. The van der Waals surface area contributed by atoms with Gasteiger partial charge in [-0.2, -0.15) is 0 Å². The summed E-state index contributed by atoms with van der Waals surface area (Å²) in [5.41, 5.74) is 0.491. The lowest BCUT2D eigenvalue weighted by Gasteiger charge is -2.32. The van der Waals surface area contributed by atoms with E-state index in [4.69, 9.17) is 21.1 Å². The molecule has 3 atom stereocenters. The van der Waals surface area contributed by atoms with Crippen molar-refractivity contribution >= 4 is 17.9 Å². The second kappa shape index (κ2) is 6.49. The Hall–Kier alpha value is -1.22. The topological polar surface area (TPSA) is 35.5 Å². The number of aldehydes is 1. The van der Waals surface area contributed by atoms with Crippen LogP contribution < -0.4 is 9.47 Å². The number of carbonyl (C=O) groups is 1. The van der Waals surface area contributed by atoms with Gasteiger partial charge in [-0.15, -0.1) is 0 Å². The van der Waals surface area contributed by atoms with Crippen LogP contribution >= 0.6 is 11.6 Å². The summed E-state index contributed by atoms with van der Waals surface area (Å²) < 4.78 is 11.3. The Morgan fingerprint density at radius 3 is 2.60 bits per heavy atom. The van der Waals surface area contributed by atoms with Crippen LogP contribution in [-0.4, -0.2) is 19.5 Å². The summed E-state index contributed by atoms with van der Waals surface area (Å²) in [5.74, 6) is 2.45. The highest BCUT2D eigenvalue weighted by molar-refractivity contribution is 6.32. The molecule has 1 fully saturated rings. The van der Waals surface area contributed by atoms with Crippen LogP contribution in [0.2, 0.25) is 5.02 Å². The van der Waals surface area contributed by atoms with Crippen LogP contribution in [-0.2, 0) is 0 Å². The first-order valence-electron chi connectivity index (χ1n) is 7.04. The van der Waals surface area contributed by atoms with E-state index >= 15 is 0 Å².